The van der Waals surface area contributed by atoms with Crippen LogP contribution in [0.2, 0.25) is 0 Å². The Balaban J connectivity index is 1.37. The van der Waals surface area contributed by atoms with Crippen LogP contribution in [0.25, 0.3) is 0 Å². The standard InChI is InChI=1S/C20H26N4O2/c1-14-7-10-17(19(21)25)20(24-14)23-12-4-11-22-13-16-9-8-15-5-2-3-6-18(15)26-16/h2-3,5-7,10,16,22H,4,8-9,11-13H2,1H3,(H2,21,25)(H,23,24). The third kappa shape index (κ3) is 4.73. The van der Waals surface area contributed by atoms with Gasteiger partial charge in [0.1, 0.15) is 17.7 Å². The highest BCUT2D eigenvalue weighted by atomic mass is 16.5. The Morgan fingerprint density at radius 2 is 2.12 bits per heavy atom. The zero-order valence-electron chi connectivity index (χ0n) is 15.1. The van der Waals surface area contributed by atoms with E-state index in [2.05, 4.69) is 27.8 Å². The number of hydrogen-bond acceptors (Lipinski definition) is 5. The second-order valence-corrected chi connectivity index (χ2v) is 6.58. The fraction of sp³-hybridized carbons (Fsp3) is 0.400. The molecule has 138 valence electrons. The van der Waals surface area contributed by atoms with Gasteiger partial charge in [0, 0.05) is 18.8 Å². The van der Waals surface area contributed by atoms with Crippen molar-refractivity contribution >= 4 is 11.7 Å². The quantitative estimate of drug-likeness (QED) is 0.633. The molecule has 0 spiro atoms. The number of para-hydroxylation sites is 1. The zero-order valence-corrected chi connectivity index (χ0v) is 15.1. The minimum Gasteiger partial charge on any atom is -0.489 e. The van der Waals surface area contributed by atoms with E-state index in [1.54, 1.807) is 12.1 Å². The van der Waals surface area contributed by atoms with E-state index in [1.165, 1.54) is 5.56 Å². The third-order valence-electron chi connectivity index (χ3n) is 4.50. The summed E-state index contributed by atoms with van der Waals surface area (Å²) < 4.78 is 6.02. The van der Waals surface area contributed by atoms with Crippen LogP contribution in [-0.2, 0) is 6.42 Å². The van der Waals surface area contributed by atoms with E-state index in [4.69, 9.17) is 10.5 Å². The smallest absolute Gasteiger partial charge is 0.252 e. The van der Waals surface area contributed by atoms with Crippen molar-refractivity contribution in [2.24, 2.45) is 5.73 Å². The maximum Gasteiger partial charge on any atom is 0.252 e. The number of hydrogen-bond donors (Lipinski definition) is 3. The minimum atomic E-state index is -0.465. The summed E-state index contributed by atoms with van der Waals surface area (Å²) in [6.07, 6.45) is 3.24. The van der Waals surface area contributed by atoms with Crippen molar-refractivity contribution in [3.63, 3.8) is 0 Å². The fourth-order valence-electron chi connectivity index (χ4n) is 3.10. The van der Waals surface area contributed by atoms with Crippen LogP contribution in [-0.4, -0.2) is 36.6 Å². The molecule has 2 heterocycles. The lowest BCUT2D eigenvalue weighted by Crippen LogP contribution is -2.35. The minimum absolute atomic E-state index is 0.220. The number of fused-ring (bicyclic) bond motifs is 1. The second kappa shape index (κ2) is 8.67. The maximum atomic E-state index is 11.4. The van der Waals surface area contributed by atoms with E-state index in [-0.39, 0.29) is 6.10 Å². The number of carbonyl (C=O) groups is 1. The molecule has 6 nitrogen and oxygen atoms in total. The van der Waals surface area contributed by atoms with E-state index in [0.29, 0.717) is 11.4 Å². The summed E-state index contributed by atoms with van der Waals surface area (Å²) in [6.45, 7) is 4.31. The largest absolute Gasteiger partial charge is 0.489 e. The number of amides is 1. The SMILES string of the molecule is Cc1ccc(C(N)=O)c(NCCCNCC2CCc3ccccc3O2)n1. The lowest BCUT2D eigenvalue weighted by Gasteiger charge is -2.26. The van der Waals surface area contributed by atoms with Crippen molar-refractivity contribution in [3.8, 4) is 5.75 Å². The number of anilines is 1. The van der Waals surface area contributed by atoms with Gasteiger partial charge in [-0.2, -0.15) is 0 Å². The number of nitrogens with two attached hydrogens (primary N) is 1. The fourth-order valence-corrected chi connectivity index (χ4v) is 3.10. The molecule has 0 radical (unpaired) electrons. The van der Waals surface area contributed by atoms with Crippen LogP contribution in [0.3, 0.4) is 0 Å². The van der Waals surface area contributed by atoms with Crippen molar-refractivity contribution in [1.82, 2.24) is 10.3 Å². The third-order valence-corrected chi connectivity index (χ3v) is 4.50. The highest BCUT2D eigenvalue weighted by Gasteiger charge is 2.18. The molecule has 0 saturated heterocycles. The van der Waals surface area contributed by atoms with Gasteiger partial charge >= 0.3 is 0 Å². The molecule has 26 heavy (non-hydrogen) atoms. The van der Waals surface area contributed by atoms with Crippen LogP contribution in [0.5, 0.6) is 5.75 Å². The molecule has 1 aliphatic heterocycles. The summed E-state index contributed by atoms with van der Waals surface area (Å²) in [4.78, 5) is 15.8. The highest BCUT2D eigenvalue weighted by molar-refractivity contribution is 5.97. The highest BCUT2D eigenvalue weighted by Crippen LogP contribution is 2.26. The Labute approximate surface area is 154 Å². The number of carbonyl (C=O) groups excluding carboxylic acids is 1. The number of nitrogens with zero attached hydrogens (tertiary/aromatic N) is 1. The van der Waals surface area contributed by atoms with Gasteiger partial charge in [-0.25, -0.2) is 4.98 Å². The molecule has 1 atom stereocenters. The first-order valence-electron chi connectivity index (χ1n) is 9.10. The Hall–Kier alpha value is -2.60. The van der Waals surface area contributed by atoms with Gasteiger partial charge < -0.3 is 21.1 Å². The number of aromatic nitrogens is 1. The number of aryl methyl sites for hydroxylation is 2. The van der Waals surface area contributed by atoms with E-state index in [9.17, 15) is 4.79 Å². The number of nitrogens with one attached hydrogen (secondary N) is 2. The molecule has 6 heteroatoms. The van der Waals surface area contributed by atoms with Crippen molar-refractivity contribution < 1.29 is 9.53 Å². The summed E-state index contributed by atoms with van der Waals surface area (Å²) in [5.74, 6) is 1.11. The van der Waals surface area contributed by atoms with E-state index in [0.717, 1.165) is 50.3 Å². The van der Waals surface area contributed by atoms with Crippen LogP contribution >= 0.6 is 0 Å². The van der Waals surface area contributed by atoms with Gasteiger partial charge in [-0.1, -0.05) is 18.2 Å². The Morgan fingerprint density at radius 1 is 1.27 bits per heavy atom. The molecule has 0 aliphatic carbocycles. The van der Waals surface area contributed by atoms with Crippen molar-refractivity contribution in [3.05, 3.63) is 53.2 Å². The molecule has 1 unspecified atom stereocenters. The molecule has 1 aromatic carbocycles. The molecule has 1 aromatic heterocycles. The van der Waals surface area contributed by atoms with Crippen molar-refractivity contribution in [1.29, 1.82) is 0 Å². The maximum absolute atomic E-state index is 11.4. The van der Waals surface area contributed by atoms with Crippen LogP contribution < -0.4 is 21.1 Å². The molecule has 4 N–H and O–H groups in total. The average Bonchev–Trinajstić information content (AvgIpc) is 2.64. The summed E-state index contributed by atoms with van der Waals surface area (Å²) in [5, 5.41) is 6.65. The van der Waals surface area contributed by atoms with Gasteiger partial charge in [0.25, 0.3) is 5.91 Å². The monoisotopic (exact) mass is 354 g/mol. The zero-order chi connectivity index (χ0) is 18.4. The predicted octanol–water partition coefficient (Wildman–Crippen LogP) is 2.27. The number of primary amides is 1. The number of pyridine rings is 1. The summed E-state index contributed by atoms with van der Waals surface area (Å²) in [7, 11) is 0. The van der Waals surface area contributed by atoms with Gasteiger partial charge in [0.05, 0.1) is 5.56 Å². The lowest BCUT2D eigenvalue weighted by molar-refractivity contribution is 0.100. The van der Waals surface area contributed by atoms with E-state index in [1.807, 2.05) is 19.1 Å². The molecular formula is C20H26N4O2. The van der Waals surface area contributed by atoms with Gasteiger partial charge in [-0.05, 0) is 56.5 Å². The van der Waals surface area contributed by atoms with Gasteiger partial charge in [0.2, 0.25) is 0 Å². The van der Waals surface area contributed by atoms with Gasteiger partial charge in [-0.3, -0.25) is 4.79 Å². The Kier molecular flexibility index (Phi) is 6.07. The van der Waals surface area contributed by atoms with Gasteiger partial charge in [0.15, 0.2) is 0 Å². The Morgan fingerprint density at radius 3 is 2.96 bits per heavy atom. The van der Waals surface area contributed by atoms with Crippen molar-refractivity contribution in [2.75, 3.05) is 25.0 Å². The second-order valence-electron chi connectivity index (χ2n) is 6.58. The Bertz CT molecular complexity index is 763. The summed E-state index contributed by atoms with van der Waals surface area (Å²) >= 11 is 0. The summed E-state index contributed by atoms with van der Waals surface area (Å²) in [5.41, 5.74) is 7.96. The number of rotatable bonds is 8. The number of ether oxygens (including phenoxy) is 1. The molecule has 2 aromatic rings. The van der Waals surface area contributed by atoms with Crippen molar-refractivity contribution in [2.45, 2.75) is 32.3 Å². The first-order chi connectivity index (χ1) is 12.6. The first kappa shape index (κ1) is 18.2. The van der Waals surface area contributed by atoms with Crippen LogP contribution in [0.15, 0.2) is 36.4 Å². The summed E-state index contributed by atoms with van der Waals surface area (Å²) in [6, 6.07) is 11.7. The average molecular weight is 354 g/mol. The van der Waals surface area contributed by atoms with Crippen LogP contribution in [0.1, 0.15) is 34.5 Å². The topological polar surface area (TPSA) is 89.3 Å². The molecule has 1 aliphatic rings. The van der Waals surface area contributed by atoms with Gasteiger partial charge in [-0.15, -0.1) is 0 Å². The molecule has 0 fully saturated rings. The molecule has 3 rings (SSSR count). The molecule has 1 amide bonds. The lowest BCUT2D eigenvalue weighted by atomic mass is 10.0. The number of benzene rings is 1. The molecule has 0 bridgehead atoms. The van der Waals surface area contributed by atoms with Crippen LogP contribution in [0.4, 0.5) is 5.82 Å². The predicted molar refractivity (Wildman–Crippen MR) is 103 cm³/mol. The molecular weight excluding hydrogens is 328 g/mol. The van der Waals surface area contributed by atoms with E-state index < -0.39 is 5.91 Å². The van der Waals surface area contributed by atoms with Crippen LogP contribution in [0, 0.1) is 6.92 Å². The van der Waals surface area contributed by atoms with E-state index >= 15 is 0 Å². The normalized spacial score (nSPS) is 15.8. The molecule has 0 saturated carbocycles. The first-order valence-corrected chi connectivity index (χ1v) is 9.10.